The van der Waals surface area contributed by atoms with Gasteiger partial charge in [-0.05, 0) is 19.3 Å². The van der Waals surface area contributed by atoms with Gasteiger partial charge in [-0.15, -0.1) is 0 Å². The average molecular weight is 321 g/mol. The van der Waals surface area contributed by atoms with Crippen LogP contribution in [-0.4, -0.2) is 31.1 Å². The van der Waals surface area contributed by atoms with E-state index in [2.05, 4.69) is 13.8 Å². The summed E-state index contributed by atoms with van der Waals surface area (Å²) < 4.78 is 24.0. The molecule has 128 valence electrons. The van der Waals surface area contributed by atoms with E-state index in [9.17, 15) is 8.42 Å². The van der Waals surface area contributed by atoms with Gasteiger partial charge in [0.25, 0.3) is 0 Å². The van der Waals surface area contributed by atoms with Gasteiger partial charge >= 0.3 is 0 Å². The van der Waals surface area contributed by atoms with Crippen LogP contribution in [0.5, 0.6) is 0 Å². The molecule has 0 aliphatic carbocycles. The predicted molar refractivity (Wildman–Crippen MR) is 91.3 cm³/mol. The van der Waals surface area contributed by atoms with E-state index >= 15 is 0 Å². The largest absolute Gasteiger partial charge is 0.395 e. The molecule has 0 bridgehead atoms. The maximum atomic E-state index is 12.0. The normalized spacial score (nSPS) is 15.0. The number of unbranched alkanes of at least 4 members (excludes halogenated alkanes) is 7. The molecule has 0 saturated carbocycles. The highest BCUT2D eigenvalue weighted by Gasteiger charge is 2.23. The molecule has 0 saturated heterocycles. The molecule has 0 aliphatic heterocycles. The lowest BCUT2D eigenvalue weighted by atomic mass is 9.99. The summed E-state index contributed by atoms with van der Waals surface area (Å²) in [5.41, 5.74) is 0. The van der Waals surface area contributed by atoms with Gasteiger partial charge in [0.15, 0.2) is 9.84 Å². The highest BCUT2D eigenvalue weighted by atomic mass is 32.2. The molecule has 0 heterocycles. The summed E-state index contributed by atoms with van der Waals surface area (Å²) in [6.45, 7) is 5.63. The van der Waals surface area contributed by atoms with Crippen molar-refractivity contribution in [2.75, 3.05) is 12.4 Å². The molecular formula is C17H36O3S. The summed E-state index contributed by atoms with van der Waals surface area (Å²) in [6.07, 6.45) is 12.2. The van der Waals surface area contributed by atoms with E-state index in [1.165, 1.54) is 44.9 Å². The van der Waals surface area contributed by atoms with Crippen LogP contribution in [0.25, 0.3) is 0 Å². The molecule has 4 heteroatoms. The van der Waals surface area contributed by atoms with E-state index in [-0.39, 0.29) is 18.3 Å². The van der Waals surface area contributed by atoms with Crippen molar-refractivity contribution in [3.05, 3.63) is 0 Å². The van der Waals surface area contributed by atoms with Crippen molar-refractivity contribution in [2.24, 2.45) is 5.92 Å². The minimum atomic E-state index is -3.13. The average Bonchev–Trinajstić information content (AvgIpc) is 2.47. The molecule has 2 unspecified atom stereocenters. The fourth-order valence-corrected chi connectivity index (χ4v) is 4.19. The van der Waals surface area contributed by atoms with Crippen LogP contribution in [0.3, 0.4) is 0 Å². The van der Waals surface area contributed by atoms with E-state index in [1.54, 1.807) is 6.92 Å². The van der Waals surface area contributed by atoms with E-state index in [1.807, 2.05) is 0 Å². The third-order valence-electron chi connectivity index (χ3n) is 4.38. The lowest BCUT2D eigenvalue weighted by molar-refractivity contribution is 0.295. The Labute approximate surface area is 132 Å². The van der Waals surface area contributed by atoms with E-state index in [0.717, 1.165) is 19.3 Å². The van der Waals surface area contributed by atoms with Crippen molar-refractivity contribution in [3.63, 3.8) is 0 Å². The van der Waals surface area contributed by atoms with Gasteiger partial charge in [-0.1, -0.05) is 71.6 Å². The van der Waals surface area contributed by atoms with Crippen LogP contribution in [-0.2, 0) is 9.84 Å². The number of aliphatic hydroxyl groups excluding tert-OH is 1. The van der Waals surface area contributed by atoms with Gasteiger partial charge in [-0.2, -0.15) is 0 Å². The van der Waals surface area contributed by atoms with Crippen LogP contribution in [0, 0.1) is 5.92 Å². The Balaban J connectivity index is 3.81. The summed E-state index contributed by atoms with van der Waals surface area (Å²) in [6, 6.07) is 0. The van der Waals surface area contributed by atoms with Gasteiger partial charge in [-0.3, -0.25) is 0 Å². The zero-order valence-electron chi connectivity index (χ0n) is 14.3. The van der Waals surface area contributed by atoms with E-state index < -0.39 is 15.1 Å². The van der Waals surface area contributed by atoms with Crippen molar-refractivity contribution < 1.29 is 13.5 Å². The summed E-state index contributed by atoms with van der Waals surface area (Å²) >= 11 is 0. The van der Waals surface area contributed by atoms with Crippen molar-refractivity contribution in [3.8, 4) is 0 Å². The van der Waals surface area contributed by atoms with Crippen molar-refractivity contribution >= 4 is 9.84 Å². The first-order valence-electron chi connectivity index (χ1n) is 8.80. The first kappa shape index (κ1) is 20.9. The quantitative estimate of drug-likeness (QED) is 0.484. The topological polar surface area (TPSA) is 54.4 Å². The molecule has 0 aromatic rings. The summed E-state index contributed by atoms with van der Waals surface area (Å²) in [5.74, 6) is 0.492. The first-order valence-corrected chi connectivity index (χ1v) is 10.5. The number of rotatable bonds is 14. The molecule has 0 aliphatic rings. The van der Waals surface area contributed by atoms with Crippen LogP contribution in [0.15, 0.2) is 0 Å². The molecule has 0 spiro atoms. The Hall–Kier alpha value is -0.0900. The zero-order chi connectivity index (χ0) is 16.1. The molecule has 3 nitrogen and oxygen atoms in total. The molecule has 0 rings (SSSR count). The van der Waals surface area contributed by atoms with Gasteiger partial charge < -0.3 is 5.11 Å². The SMILES string of the molecule is CCCCCCCCCCC(CC)CS(=O)(=O)C(C)CO. The fourth-order valence-electron chi connectivity index (χ4n) is 2.58. The second-order valence-corrected chi connectivity index (χ2v) is 8.82. The molecule has 0 fully saturated rings. The maximum Gasteiger partial charge on any atom is 0.155 e. The minimum Gasteiger partial charge on any atom is -0.395 e. The smallest absolute Gasteiger partial charge is 0.155 e. The third kappa shape index (κ3) is 10.3. The Kier molecular flexibility index (Phi) is 12.4. The number of hydrogen-bond acceptors (Lipinski definition) is 3. The van der Waals surface area contributed by atoms with Gasteiger partial charge in [0, 0.05) is 0 Å². The minimum absolute atomic E-state index is 0.238. The number of aliphatic hydroxyl groups is 1. The van der Waals surface area contributed by atoms with Gasteiger partial charge in [0.05, 0.1) is 17.6 Å². The van der Waals surface area contributed by atoms with Crippen molar-refractivity contribution in [1.82, 2.24) is 0 Å². The third-order valence-corrected chi connectivity index (χ3v) is 6.69. The van der Waals surface area contributed by atoms with E-state index in [0.29, 0.717) is 0 Å². The lowest BCUT2D eigenvalue weighted by Gasteiger charge is -2.17. The zero-order valence-corrected chi connectivity index (χ0v) is 15.1. The molecule has 2 atom stereocenters. The number of sulfone groups is 1. The highest BCUT2D eigenvalue weighted by molar-refractivity contribution is 7.92. The molecule has 1 N–H and O–H groups in total. The highest BCUT2D eigenvalue weighted by Crippen LogP contribution is 2.19. The molecular weight excluding hydrogens is 284 g/mol. The Morgan fingerprint density at radius 3 is 1.90 bits per heavy atom. The second kappa shape index (κ2) is 12.5. The standard InChI is InChI=1S/C17H36O3S/c1-4-6-7-8-9-10-11-12-13-17(5-2)15-21(19,20)16(3)14-18/h16-18H,4-15H2,1-3H3. The fraction of sp³-hybridized carbons (Fsp3) is 1.00. The second-order valence-electron chi connectivity index (χ2n) is 6.36. The maximum absolute atomic E-state index is 12.0. The van der Waals surface area contributed by atoms with E-state index in [4.69, 9.17) is 5.11 Å². The van der Waals surface area contributed by atoms with Gasteiger partial charge in [0.1, 0.15) is 0 Å². The van der Waals surface area contributed by atoms with Crippen molar-refractivity contribution in [1.29, 1.82) is 0 Å². The molecule has 0 aromatic heterocycles. The van der Waals surface area contributed by atoms with Crippen molar-refractivity contribution in [2.45, 2.75) is 90.2 Å². The molecule has 21 heavy (non-hydrogen) atoms. The summed E-state index contributed by atoms with van der Waals surface area (Å²) in [7, 11) is -3.13. The monoisotopic (exact) mass is 320 g/mol. The van der Waals surface area contributed by atoms with Crippen LogP contribution in [0.2, 0.25) is 0 Å². The lowest BCUT2D eigenvalue weighted by Crippen LogP contribution is -2.28. The predicted octanol–water partition coefficient (Wildman–Crippen LogP) is 4.34. The Bertz CT molecular complexity index is 325. The van der Waals surface area contributed by atoms with Crippen LogP contribution in [0.4, 0.5) is 0 Å². The molecule has 0 radical (unpaired) electrons. The first-order chi connectivity index (χ1) is 9.97. The summed E-state index contributed by atoms with van der Waals surface area (Å²) in [5, 5.41) is 8.39. The molecule has 0 aromatic carbocycles. The van der Waals surface area contributed by atoms with Crippen LogP contribution < -0.4 is 0 Å². The summed E-state index contributed by atoms with van der Waals surface area (Å²) in [4.78, 5) is 0. The Morgan fingerprint density at radius 2 is 1.43 bits per heavy atom. The van der Waals surface area contributed by atoms with Gasteiger partial charge in [-0.25, -0.2) is 8.42 Å². The van der Waals surface area contributed by atoms with Crippen LogP contribution in [0.1, 0.15) is 85.0 Å². The Morgan fingerprint density at radius 1 is 0.905 bits per heavy atom. The van der Waals surface area contributed by atoms with Crippen LogP contribution >= 0.6 is 0 Å². The van der Waals surface area contributed by atoms with Gasteiger partial charge in [0.2, 0.25) is 0 Å². The molecule has 0 amide bonds. The number of hydrogen-bond donors (Lipinski definition) is 1.